The number of benzene rings is 1. The maximum atomic E-state index is 12.9. The monoisotopic (exact) mass is 369 g/mol. The van der Waals surface area contributed by atoms with Crippen LogP contribution in [0, 0.1) is 17.8 Å². The summed E-state index contributed by atoms with van der Waals surface area (Å²) in [6, 6.07) is 8.68. The van der Waals surface area contributed by atoms with Crippen LogP contribution in [0.25, 0.3) is 0 Å². The number of nitrogens with zero attached hydrogens (tertiary/aromatic N) is 1. The van der Waals surface area contributed by atoms with E-state index in [2.05, 4.69) is 10.6 Å². The Morgan fingerprint density at radius 2 is 2.00 bits per heavy atom. The summed E-state index contributed by atoms with van der Waals surface area (Å²) >= 11 is 0. The molecule has 2 aliphatic carbocycles. The highest BCUT2D eigenvalue weighted by atomic mass is 16.2. The molecule has 0 aromatic heterocycles. The van der Waals surface area contributed by atoms with Gasteiger partial charge in [0.05, 0.1) is 0 Å². The van der Waals surface area contributed by atoms with Gasteiger partial charge in [0, 0.05) is 6.04 Å². The Labute approximate surface area is 159 Å². The number of urea groups is 1. The number of fused-ring (bicyclic) bond motifs is 2. The van der Waals surface area contributed by atoms with Crippen molar-refractivity contribution in [1.82, 2.24) is 15.5 Å². The number of hydrogen-bond donors (Lipinski definition) is 2. The van der Waals surface area contributed by atoms with E-state index < -0.39 is 11.6 Å². The normalized spacial score (nSPS) is 33.3. The molecule has 1 aliphatic heterocycles. The number of carbonyl (C=O) groups is 3. The van der Waals surface area contributed by atoms with Gasteiger partial charge in [0.25, 0.3) is 5.91 Å². The van der Waals surface area contributed by atoms with Gasteiger partial charge in [-0.1, -0.05) is 36.8 Å². The first-order valence-electron chi connectivity index (χ1n) is 9.87. The molecular formula is C21H27N3O3. The first-order chi connectivity index (χ1) is 12.9. The number of nitrogens with one attached hydrogen (secondary N) is 2. The zero-order valence-corrected chi connectivity index (χ0v) is 15.9. The van der Waals surface area contributed by atoms with Crippen molar-refractivity contribution in [3.05, 3.63) is 35.9 Å². The topological polar surface area (TPSA) is 78.5 Å². The molecule has 3 aliphatic rings. The van der Waals surface area contributed by atoms with E-state index in [9.17, 15) is 14.4 Å². The lowest BCUT2D eigenvalue weighted by molar-refractivity contribution is -0.135. The predicted molar refractivity (Wildman–Crippen MR) is 101 cm³/mol. The summed E-state index contributed by atoms with van der Waals surface area (Å²) in [6.07, 6.45) is 5.05. The zero-order valence-electron chi connectivity index (χ0n) is 15.9. The van der Waals surface area contributed by atoms with Crippen LogP contribution in [0.3, 0.4) is 0 Å². The van der Waals surface area contributed by atoms with E-state index in [0.29, 0.717) is 17.4 Å². The van der Waals surface area contributed by atoms with Crippen molar-refractivity contribution in [3.63, 3.8) is 0 Å². The molecule has 27 heavy (non-hydrogen) atoms. The second-order valence-corrected chi connectivity index (χ2v) is 8.51. The minimum absolute atomic E-state index is 0.0778. The average Bonchev–Trinajstić information content (AvgIpc) is 3.34. The molecule has 0 spiro atoms. The van der Waals surface area contributed by atoms with Gasteiger partial charge in [-0.05, 0) is 56.4 Å². The van der Waals surface area contributed by atoms with Gasteiger partial charge in [-0.15, -0.1) is 0 Å². The molecule has 1 heterocycles. The van der Waals surface area contributed by atoms with Gasteiger partial charge in [0.1, 0.15) is 12.1 Å². The fraction of sp³-hybridized carbons (Fsp3) is 0.571. The summed E-state index contributed by atoms with van der Waals surface area (Å²) in [7, 11) is 0. The van der Waals surface area contributed by atoms with Crippen molar-refractivity contribution in [2.45, 2.75) is 51.1 Å². The van der Waals surface area contributed by atoms with E-state index in [1.165, 1.54) is 25.7 Å². The molecule has 0 radical (unpaired) electrons. The molecule has 5 atom stereocenters. The van der Waals surface area contributed by atoms with Crippen molar-refractivity contribution in [1.29, 1.82) is 0 Å². The van der Waals surface area contributed by atoms with E-state index in [0.717, 1.165) is 10.8 Å². The first-order valence-corrected chi connectivity index (χ1v) is 9.87. The Hall–Kier alpha value is -2.37. The Kier molecular flexibility index (Phi) is 4.44. The third-order valence-corrected chi connectivity index (χ3v) is 6.75. The van der Waals surface area contributed by atoms with Gasteiger partial charge in [0.2, 0.25) is 5.91 Å². The van der Waals surface area contributed by atoms with Crippen molar-refractivity contribution in [2.24, 2.45) is 17.8 Å². The molecule has 0 unspecified atom stereocenters. The second kappa shape index (κ2) is 6.66. The molecule has 1 saturated heterocycles. The van der Waals surface area contributed by atoms with Crippen LogP contribution < -0.4 is 10.6 Å². The minimum atomic E-state index is -1.13. The highest BCUT2D eigenvalue weighted by Gasteiger charge is 2.49. The quantitative estimate of drug-likeness (QED) is 0.782. The van der Waals surface area contributed by atoms with Crippen LogP contribution in [0.1, 0.15) is 45.1 Å². The third-order valence-electron chi connectivity index (χ3n) is 6.75. The number of hydrogen-bond acceptors (Lipinski definition) is 3. The van der Waals surface area contributed by atoms with Gasteiger partial charge < -0.3 is 10.6 Å². The Bertz CT molecular complexity index is 765. The standard InChI is InChI=1S/C21H27N3O3/c1-13(17-11-14-8-9-15(17)10-14)22-18(25)12-24-19(26)21(2,23-20(24)27)16-6-4-3-5-7-16/h3-7,13-15,17H,8-12H2,1-2H3,(H,22,25)(H,23,27)/t13-,14-,15-,17+,21-/m0/s1. The third kappa shape index (κ3) is 3.11. The van der Waals surface area contributed by atoms with Gasteiger partial charge >= 0.3 is 6.03 Å². The summed E-state index contributed by atoms with van der Waals surface area (Å²) in [6.45, 7) is 3.49. The van der Waals surface area contributed by atoms with E-state index >= 15 is 0 Å². The van der Waals surface area contributed by atoms with Crippen LogP contribution in [0.5, 0.6) is 0 Å². The summed E-state index contributed by atoms with van der Waals surface area (Å²) < 4.78 is 0. The number of amides is 4. The van der Waals surface area contributed by atoms with E-state index in [1.54, 1.807) is 19.1 Å². The fourth-order valence-corrected chi connectivity index (χ4v) is 5.26. The smallest absolute Gasteiger partial charge is 0.325 e. The van der Waals surface area contributed by atoms with Crippen molar-refractivity contribution >= 4 is 17.8 Å². The van der Waals surface area contributed by atoms with Crippen LogP contribution in [0.4, 0.5) is 4.79 Å². The molecule has 3 fully saturated rings. The van der Waals surface area contributed by atoms with Gasteiger partial charge in [-0.3, -0.25) is 14.5 Å². The molecule has 2 N–H and O–H groups in total. The molecular weight excluding hydrogens is 342 g/mol. The van der Waals surface area contributed by atoms with Crippen molar-refractivity contribution < 1.29 is 14.4 Å². The zero-order chi connectivity index (χ0) is 19.2. The molecule has 2 bridgehead atoms. The van der Waals surface area contributed by atoms with Crippen molar-refractivity contribution in [2.75, 3.05) is 6.54 Å². The van der Waals surface area contributed by atoms with E-state index in [1.807, 2.05) is 25.1 Å². The Morgan fingerprint density at radius 1 is 1.26 bits per heavy atom. The predicted octanol–water partition coefficient (Wildman–Crippen LogP) is 2.39. The Morgan fingerprint density at radius 3 is 2.63 bits per heavy atom. The summed E-state index contributed by atoms with van der Waals surface area (Å²) in [4.78, 5) is 38.8. The summed E-state index contributed by atoms with van der Waals surface area (Å²) in [5.41, 5.74) is -0.420. The van der Waals surface area contributed by atoms with Gasteiger partial charge in [-0.25, -0.2) is 4.79 Å². The molecule has 6 nitrogen and oxygen atoms in total. The molecule has 4 amide bonds. The van der Waals surface area contributed by atoms with Gasteiger partial charge in [0.15, 0.2) is 0 Å². The first kappa shape index (κ1) is 18.0. The number of carbonyl (C=O) groups excluding carboxylic acids is 3. The molecule has 1 aromatic carbocycles. The molecule has 2 saturated carbocycles. The summed E-state index contributed by atoms with van der Waals surface area (Å²) in [5.74, 6) is 1.39. The van der Waals surface area contributed by atoms with Crippen LogP contribution in [0.2, 0.25) is 0 Å². The average molecular weight is 369 g/mol. The maximum absolute atomic E-state index is 12.9. The lowest BCUT2D eigenvalue weighted by Gasteiger charge is -2.29. The summed E-state index contributed by atoms with van der Waals surface area (Å²) in [5, 5.41) is 5.77. The SMILES string of the molecule is C[C@H](NC(=O)CN1C(=O)N[C@@](C)(c2ccccc2)C1=O)[C@H]1C[C@H]2CC[C@H]1C2. The molecule has 1 aromatic rings. The lowest BCUT2D eigenvalue weighted by Crippen LogP contribution is -2.47. The second-order valence-electron chi connectivity index (χ2n) is 8.51. The Balaban J connectivity index is 1.39. The highest BCUT2D eigenvalue weighted by Crippen LogP contribution is 2.49. The van der Waals surface area contributed by atoms with Crippen molar-refractivity contribution in [3.8, 4) is 0 Å². The lowest BCUT2D eigenvalue weighted by atomic mass is 9.84. The highest BCUT2D eigenvalue weighted by molar-refractivity contribution is 6.09. The van der Waals surface area contributed by atoms with Crippen LogP contribution in [0.15, 0.2) is 30.3 Å². The molecule has 6 heteroatoms. The van der Waals surface area contributed by atoms with E-state index in [-0.39, 0.29) is 24.4 Å². The molecule has 144 valence electrons. The number of imide groups is 1. The van der Waals surface area contributed by atoms with Gasteiger partial charge in [-0.2, -0.15) is 0 Å². The van der Waals surface area contributed by atoms with Crippen LogP contribution >= 0.6 is 0 Å². The fourth-order valence-electron chi connectivity index (χ4n) is 5.26. The van der Waals surface area contributed by atoms with E-state index in [4.69, 9.17) is 0 Å². The minimum Gasteiger partial charge on any atom is -0.352 e. The van der Waals surface area contributed by atoms with Crippen LogP contribution in [-0.2, 0) is 15.1 Å². The molecule has 4 rings (SSSR count). The number of rotatable bonds is 5. The van der Waals surface area contributed by atoms with Crippen LogP contribution in [-0.4, -0.2) is 35.3 Å². The maximum Gasteiger partial charge on any atom is 0.325 e. The largest absolute Gasteiger partial charge is 0.352 e.